The summed E-state index contributed by atoms with van der Waals surface area (Å²) >= 11 is 0. The zero-order chi connectivity index (χ0) is 13.0. The summed E-state index contributed by atoms with van der Waals surface area (Å²) in [6.45, 7) is 0.206. The largest absolute Gasteiger partial charge is 0.391 e. The Morgan fingerprint density at radius 2 is 2.22 bits per heavy atom. The number of aromatic nitrogens is 1. The molecule has 98 valence electrons. The number of rotatable bonds is 4. The van der Waals surface area contributed by atoms with Gasteiger partial charge in [0, 0.05) is 12.7 Å². The molecule has 1 aromatic rings. The third kappa shape index (κ3) is 2.98. The Balaban J connectivity index is 1.88. The van der Waals surface area contributed by atoms with Crippen LogP contribution in [0.3, 0.4) is 0 Å². The Morgan fingerprint density at radius 3 is 2.89 bits per heavy atom. The van der Waals surface area contributed by atoms with Crippen molar-refractivity contribution >= 4 is 5.91 Å². The Morgan fingerprint density at radius 1 is 1.50 bits per heavy atom. The average molecular weight is 250 g/mol. The van der Waals surface area contributed by atoms with Gasteiger partial charge in [-0.05, 0) is 30.9 Å². The fourth-order valence-electron chi connectivity index (χ4n) is 2.40. The molecule has 1 saturated carbocycles. The maximum absolute atomic E-state index is 11.7. The molecule has 0 aliphatic heterocycles. The molecule has 0 bridgehead atoms. The number of carbonyl (C=O) groups excluding carboxylic acids is 1. The molecule has 5 nitrogen and oxygen atoms in total. The topological polar surface area (TPSA) is 82.2 Å². The first kappa shape index (κ1) is 12.8. The fourth-order valence-corrected chi connectivity index (χ4v) is 2.40. The third-order valence-corrected chi connectivity index (χ3v) is 3.48. The molecule has 3 N–H and O–H groups in total. The van der Waals surface area contributed by atoms with Crippen LogP contribution in [-0.2, 0) is 0 Å². The minimum atomic E-state index is -0.515. The van der Waals surface area contributed by atoms with Crippen LogP contribution in [0.25, 0.3) is 0 Å². The van der Waals surface area contributed by atoms with Gasteiger partial charge in [-0.25, -0.2) is 0 Å². The average Bonchev–Trinajstić information content (AvgIpc) is 2.90. The van der Waals surface area contributed by atoms with Crippen LogP contribution in [0.4, 0.5) is 0 Å². The van der Waals surface area contributed by atoms with E-state index in [1.807, 2.05) is 0 Å². The first-order valence-corrected chi connectivity index (χ1v) is 6.32. The van der Waals surface area contributed by atoms with Crippen LogP contribution in [0.2, 0.25) is 0 Å². The zero-order valence-electron chi connectivity index (χ0n) is 10.2. The van der Waals surface area contributed by atoms with Crippen molar-refractivity contribution in [2.24, 2.45) is 5.92 Å². The van der Waals surface area contributed by atoms with Gasteiger partial charge in [0.05, 0.1) is 6.10 Å². The summed E-state index contributed by atoms with van der Waals surface area (Å²) in [6, 6.07) is 3.07. The van der Waals surface area contributed by atoms with Crippen molar-refractivity contribution in [3.05, 3.63) is 34.2 Å². The second-order valence-corrected chi connectivity index (χ2v) is 4.73. The number of aliphatic hydroxyl groups excluding tert-OH is 1. The highest BCUT2D eigenvalue weighted by molar-refractivity contribution is 5.93. The highest BCUT2D eigenvalue weighted by atomic mass is 16.3. The van der Waals surface area contributed by atoms with Crippen molar-refractivity contribution in [3.63, 3.8) is 0 Å². The van der Waals surface area contributed by atoms with Gasteiger partial charge in [-0.2, -0.15) is 0 Å². The number of amides is 1. The minimum absolute atomic E-state index is 0.0797. The molecule has 1 unspecified atom stereocenters. The van der Waals surface area contributed by atoms with Gasteiger partial charge < -0.3 is 15.4 Å². The zero-order valence-corrected chi connectivity index (χ0v) is 10.2. The molecule has 0 radical (unpaired) electrons. The Hall–Kier alpha value is -1.62. The maximum atomic E-state index is 11.7. The van der Waals surface area contributed by atoms with Gasteiger partial charge in [-0.15, -0.1) is 0 Å². The first-order chi connectivity index (χ1) is 8.68. The first-order valence-electron chi connectivity index (χ1n) is 6.32. The molecular formula is C13H18N2O3. The van der Waals surface area contributed by atoms with Crippen LogP contribution in [0, 0.1) is 5.92 Å². The maximum Gasteiger partial charge on any atom is 0.260 e. The van der Waals surface area contributed by atoms with E-state index in [1.165, 1.54) is 12.3 Å². The van der Waals surface area contributed by atoms with Crippen LogP contribution in [0.1, 0.15) is 36.0 Å². The van der Waals surface area contributed by atoms with Crippen molar-refractivity contribution in [1.82, 2.24) is 10.3 Å². The van der Waals surface area contributed by atoms with Crippen molar-refractivity contribution in [2.75, 3.05) is 6.54 Å². The summed E-state index contributed by atoms with van der Waals surface area (Å²) in [5.74, 6) is -0.159. The summed E-state index contributed by atoms with van der Waals surface area (Å²) in [5, 5.41) is 12.5. The molecule has 1 fully saturated rings. The number of H-pyrrole nitrogens is 1. The Bertz CT molecular complexity index is 463. The summed E-state index contributed by atoms with van der Waals surface area (Å²) in [5.41, 5.74) is -0.332. The number of carbonyl (C=O) groups is 1. The summed E-state index contributed by atoms with van der Waals surface area (Å²) in [4.78, 5) is 25.6. The lowest BCUT2D eigenvalue weighted by atomic mass is 10.0. The number of nitrogens with one attached hydrogen (secondary N) is 2. The smallest absolute Gasteiger partial charge is 0.260 e. The van der Waals surface area contributed by atoms with E-state index in [9.17, 15) is 14.7 Å². The second-order valence-electron chi connectivity index (χ2n) is 4.73. The van der Waals surface area contributed by atoms with E-state index in [2.05, 4.69) is 10.3 Å². The number of hydrogen-bond acceptors (Lipinski definition) is 3. The molecule has 1 atom stereocenters. The molecule has 18 heavy (non-hydrogen) atoms. The third-order valence-electron chi connectivity index (χ3n) is 3.48. The number of aliphatic hydroxyl groups is 1. The Kier molecular flexibility index (Phi) is 4.15. The molecule has 5 heteroatoms. The molecule has 0 saturated heterocycles. The van der Waals surface area contributed by atoms with E-state index in [0.29, 0.717) is 0 Å². The lowest BCUT2D eigenvalue weighted by Gasteiger charge is -2.17. The number of pyridine rings is 1. The SMILES string of the molecule is O=C(NCC(O)C1CCCC1)c1ccc[nH]c1=O. The Labute approximate surface area is 105 Å². The summed E-state index contributed by atoms with van der Waals surface area (Å²) in [7, 11) is 0. The van der Waals surface area contributed by atoms with Crippen LogP contribution < -0.4 is 10.9 Å². The lowest BCUT2D eigenvalue weighted by Crippen LogP contribution is -2.37. The predicted octanol–water partition coefficient (Wildman–Crippen LogP) is 0.656. The van der Waals surface area contributed by atoms with Gasteiger partial charge >= 0.3 is 0 Å². The van der Waals surface area contributed by atoms with Crippen LogP contribution >= 0.6 is 0 Å². The highest BCUT2D eigenvalue weighted by Crippen LogP contribution is 2.27. The van der Waals surface area contributed by atoms with Crippen molar-refractivity contribution in [3.8, 4) is 0 Å². The van der Waals surface area contributed by atoms with Gasteiger partial charge in [0.15, 0.2) is 0 Å². The highest BCUT2D eigenvalue weighted by Gasteiger charge is 2.23. The van der Waals surface area contributed by atoms with Gasteiger partial charge in [-0.1, -0.05) is 12.8 Å². The molecule has 0 spiro atoms. The van der Waals surface area contributed by atoms with Gasteiger partial charge in [0.2, 0.25) is 0 Å². The van der Waals surface area contributed by atoms with Crippen LogP contribution in [0.15, 0.2) is 23.1 Å². The molecule has 1 aliphatic carbocycles. The fraction of sp³-hybridized carbons (Fsp3) is 0.538. The molecule has 1 heterocycles. The van der Waals surface area contributed by atoms with Crippen LogP contribution in [-0.4, -0.2) is 28.6 Å². The van der Waals surface area contributed by atoms with E-state index in [0.717, 1.165) is 25.7 Å². The standard InChI is InChI=1S/C13H18N2O3/c16-11(9-4-1-2-5-9)8-15-13(18)10-6-3-7-14-12(10)17/h3,6-7,9,11,16H,1-2,4-5,8H2,(H,14,17)(H,15,18). The van der Waals surface area contributed by atoms with E-state index in [-0.39, 0.29) is 18.0 Å². The van der Waals surface area contributed by atoms with Gasteiger partial charge in [0.25, 0.3) is 11.5 Å². The molecule has 1 aromatic heterocycles. The van der Waals surface area contributed by atoms with Crippen molar-refractivity contribution in [1.29, 1.82) is 0 Å². The molecule has 0 aromatic carbocycles. The lowest BCUT2D eigenvalue weighted by molar-refractivity contribution is 0.0839. The summed E-state index contributed by atoms with van der Waals surface area (Å²) < 4.78 is 0. The predicted molar refractivity (Wildman–Crippen MR) is 67.4 cm³/mol. The normalized spacial score (nSPS) is 17.6. The number of aromatic amines is 1. The quantitative estimate of drug-likeness (QED) is 0.734. The van der Waals surface area contributed by atoms with Crippen molar-refractivity contribution in [2.45, 2.75) is 31.8 Å². The molecule has 2 rings (SSSR count). The molecule has 1 amide bonds. The van der Waals surface area contributed by atoms with Gasteiger partial charge in [0.1, 0.15) is 5.56 Å². The summed E-state index contributed by atoms with van der Waals surface area (Å²) in [6.07, 6.45) is 5.29. The second kappa shape index (κ2) is 5.82. The van der Waals surface area contributed by atoms with Gasteiger partial charge in [-0.3, -0.25) is 9.59 Å². The van der Waals surface area contributed by atoms with E-state index in [4.69, 9.17) is 0 Å². The molecular weight excluding hydrogens is 232 g/mol. The van der Waals surface area contributed by atoms with E-state index >= 15 is 0 Å². The number of hydrogen-bond donors (Lipinski definition) is 3. The minimum Gasteiger partial charge on any atom is -0.391 e. The monoisotopic (exact) mass is 250 g/mol. The molecule has 1 aliphatic rings. The van der Waals surface area contributed by atoms with E-state index < -0.39 is 17.6 Å². The van der Waals surface area contributed by atoms with Crippen LogP contribution in [0.5, 0.6) is 0 Å². The van der Waals surface area contributed by atoms with Crippen molar-refractivity contribution < 1.29 is 9.90 Å². The van der Waals surface area contributed by atoms with E-state index in [1.54, 1.807) is 6.07 Å².